The van der Waals surface area contributed by atoms with E-state index in [9.17, 15) is 4.79 Å². The van der Waals surface area contributed by atoms with Crippen LogP contribution in [0.1, 0.15) is 16.7 Å². The lowest BCUT2D eigenvalue weighted by Crippen LogP contribution is -2.32. The highest BCUT2D eigenvalue weighted by Crippen LogP contribution is 2.20. The molecule has 22 heavy (non-hydrogen) atoms. The van der Waals surface area contributed by atoms with Gasteiger partial charge in [0, 0.05) is 10.7 Å². The van der Waals surface area contributed by atoms with Gasteiger partial charge in [-0.25, -0.2) is 4.79 Å². The molecule has 0 spiro atoms. The van der Waals surface area contributed by atoms with Crippen molar-refractivity contribution in [2.75, 3.05) is 12.0 Å². The Morgan fingerprint density at radius 3 is 2.59 bits per heavy atom. The first kappa shape index (κ1) is 16.2. The summed E-state index contributed by atoms with van der Waals surface area (Å²) in [4.78, 5) is 11.9. The molecule has 0 radical (unpaired) electrons. The van der Waals surface area contributed by atoms with E-state index in [0.717, 1.165) is 16.9 Å². The summed E-state index contributed by atoms with van der Waals surface area (Å²) in [6.07, 6.45) is 0. The molecule has 0 saturated heterocycles. The smallest absolute Gasteiger partial charge is 0.321 e. The topological polar surface area (TPSA) is 50.4 Å². The Labute approximate surface area is 135 Å². The van der Waals surface area contributed by atoms with Crippen LogP contribution in [0.2, 0.25) is 5.02 Å². The first-order chi connectivity index (χ1) is 10.5. The minimum Gasteiger partial charge on any atom is -0.473 e. The first-order valence-electron chi connectivity index (χ1n) is 6.97. The van der Waals surface area contributed by atoms with E-state index in [2.05, 4.69) is 10.6 Å². The van der Waals surface area contributed by atoms with Gasteiger partial charge in [-0.3, -0.25) is 0 Å². The fourth-order valence-corrected chi connectivity index (χ4v) is 2.21. The van der Waals surface area contributed by atoms with Crippen LogP contribution in [0, 0.1) is 20.8 Å². The lowest BCUT2D eigenvalue weighted by molar-refractivity contribution is 0.234. The molecular formula is C17H19ClN2O2. The number of nitrogens with one attached hydrogen (secondary N) is 2. The minimum atomic E-state index is -0.338. The van der Waals surface area contributed by atoms with Gasteiger partial charge in [-0.15, -0.1) is 0 Å². The average molecular weight is 319 g/mol. The third-order valence-corrected chi connectivity index (χ3v) is 3.47. The molecule has 0 bridgehead atoms. The Morgan fingerprint density at radius 1 is 1.09 bits per heavy atom. The molecule has 0 aliphatic carbocycles. The van der Waals surface area contributed by atoms with Crippen LogP contribution in [0.4, 0.5) is 10.5 Å². The molecular weight excluding hydrogens is 300 g/mol. The molecule has 0 saturated carbocycles. The number of carbonyl (C=O) groups excluding carboxylic acids is 1. The summed E-state index contributed by atoms with van der Waals surface area (Å²) in [7, 11) is 0. The zero-order valence-corrected chi connectivity index (χ0v) is 13.6. The van der Waals surface area contributed by atoms with Crippen molar-refractivity contribution in [1.29, 1.82) is 0 Å². The van der Waals surface area contributed by atoms with E-state index in [-0.39, 0.29) is 12.8 Å². The van der Waals surface area contributed by atoms with Crippen LogP contribution in [0.25, 0.3) is 0 Å². The second-order valence-electron chi connectivity index (χ2n) is 5.15. The summed E-state index contributed by atoms with van der Waals surface area (Å²) in [6.45, 7) is 5.99. The summed E-state index contributed by atoms with van der Waals surface area (Å²) in [5.74, 6) is 0.754. The molecule has 2 amide bonds. The van der Waals surface area contributed by atoms with Gasteiger partial charge in [0.1, 0.15) is 5.75 Å². The van der Waals surface area contributed by atoms with E-state index in [1.165, 1.54) is 5.56 Å². The predicted octanol–water partition coefficient (Wildman–Crippen LogP) is 4.42. The van der Waals surface area contributed by atoms with Crippen molar-refractivity contribution >= 4 is 23.3 Å². The highest BCUT2D eigenvalue weighted by Gasteiger charge is 2.05. The summed E-state index contributed by atoms with van der Waals surface area (Å²) < 4.78 is 5.56. The maximum absolute atomic E-state index is 11.9. The number of urea groups is 1. The first-order valence-corrected chi connectivity index (χ1v) is 7.34. The van der Waals surface area contributed by atoms with Crippen molar-refractivity contribution in [3.8, 4) is 5.75 Å². The highest BCUT2D eigenvalue weighted by atomic mass is 35.5. The zero-order chi connectivity index (χ0) is 16.1. The number of hydrogen-bond acceptors (Lipinski definition) is 2. The van der Waals surface area contributed by atoms with Crippen molar-refractivity contribution in [1.82, 2.24) is 5.32 Å². The SMILES string of the molecule is Cc1ccc(OCNC(=O)Nc2cc(Cl)ccc2C)c(C)c1. The predicted molar refractivity (Wildman–Crippen MR) is 89.8 cm³/mol. The van der Waals surface area contributed by atoms with Crippen LogP contribution in [0.3, 0.4) is 0 Å². The van der Waals surface area contributed by atoms with Gasteiger partial charge in [0.15, 0.2) is 6.73 Å². The molecule has 5 heteroatoms. The summed E-state index contributed by atoms with van der Waals surface area (Å²) in [5.41, 5.74) is 3.83. The molecule has 2 aromatic carbocycles. The third kappa shape index (κ3) is 4.40. The number of benzene rings is 2. The second kappa shape index (κ2) is 7.18. The number of hydrogen-bond donors (Lipinski definition) is 2. The Hall–Kier alpha value is -2.20. The second-order valence-corrected chi connectivity index (χ2v) is 5.58. The van der Waals surface area contributed by atoms with Crippen molar-refractivity contribution < 1.29 is 9.53 Å². The summed E-state index contributed by atoms with van der Waals surface area (Å²) in [5, 5.41) is 5.98. The molecule has 0 aliphatic heterocycles. The van der Waals surface area contributed by atoms with Gasteiger partial charge >= 0.3 is 6.03 Å². The van der Waals surface area contributed by atoms with E-state index in [1.54, 1.807) is 12.1 Å². The number of carbonyl (C=O) groups is 1. The molecule has 116 valence electrons. The zero-order valence-electron chi connectivity index (χ0n) is 12.9. The van der Waals surface area contributed by atoms with Crippen molar-refractivity contribution in [3.63, 3.8) is 0 Å². The fourth-order valence-electron chi connectivity index (χ4n) is 2.04. The quantitative estimate of drug-likeness (QED) is 0.820. The van der Waals surface area contributed by atoms with Crippen LogP contribution in [-0.4, -0.2) is 12.8 Å². The molecule has 2 aromatic rings. The summed E-state index contributed by atoms with van der Waals surface area (Å²) in [6, 6.07) is 10.9. The molecule has 2 N–H and O–H groups in total. The number of aryl methyl sites for hydroxylation is 3. The Morgan fingerprint density at radius 2 is 1.86 bits per heavy atom. The van der Waals surface area contributed by atoms with Gasteiger partial charge in [-0.2, -0.15) is 0 Å². The minimum absolute atomic E-state index is 0.0926. The number of ether oxygens (including phenoxy) is 1. The van der Waals surface area contributed by atoms with E-state index in [0.29, 0.717) is 10.7 Å². The Bertz CT molecular complexity index is 686. The third-order valence-electron chi connectivity index (χ3n) is 3.24. The normalized spacial score (nSPS) is 10.2. The van der Waals surface area contributed by atoms with Crippen LogP contribution in [-0.2, 0) is 0 Å². The van der Waals surface area contributed by atoms with E-state index >= 15 is 0 Å². The van der Waals surface area contributed by atoms with Crippen LogP contribution in [0.5, 0.6) is 5.75 Å². The maximum atomic E-state index is 11.9. The molecule has 0 fully saturated rings. The van der Waals surface area contributed by atoms with Gasteiger partial charge in [-0.05, 0) is 50.1 Å². The molecule has 0 aromatic heterocycles. The van der Waals surface area contributed by atoms with Crippen molar-refractivity contribution in [2.45, 2.75) is 20.8 Å². The monoisotopic (exact) mass is 318 g/mol. The highest BCUT2D eigenvalue weighted by molar-refractivity contribution is 6.31. The van der Waals surface area contributed by atoms with Gasteiger partial charge < -0.3 is 15.4 Å². The standard InChI is InChI=1S/C17H19ClN2O2/c1-11-4-7-16(13(3)8-11)22-10-19-17(21)20-15-9-14(18)6-5-12(15)2/h4-9H,10H2,1-3H3,(H2,19,20,21). The van der Waals surface area contributed by atoms with E-state index < -0.39 is 0 Å². The van der Waals surface area contributed by atoms with Crippen LogP contribution < -0.4 is 15.4 Å². The molecule has 4 nitrogen and oxygen atoms in total. The van der Waals surface area contributed by atoms with Crippen LogP contribution >= 0.6 is 11.6 Å². The summed E-state index contributed by atoms with van der Waals surface area (Å²) >= 11 is 5.92. The molecule has 0 heterocycles. The molecule has 0 aliphatic rings. The van der Waals surface area contributed by atoms with E-state index in [1.807, 2.05) is 45.0 Å². The fraction of sp³-hybridized carbons (Fsp3) is 0.235. The van der Waals surface area contributed by atoms with Crippen molar-refractivity contribution in [3.05, 3.63) is 58.1 Å². The Kier molecular flexibility index (Phi) is 5.28. The lowest BCUT2D eigenvalue weighted by atomic mass is 10.1. The number of anilines is 1. The molecule has 0 atom stereocenters. The number of amides is 2. The Balaban J connectivity index is 1.86. The van der Waals surface area contributed by atoms with Gasteiger partial charge in [-0.1, -0.05) is 35.4 Å². The number of rotatable bonds is 4. The van der Waals surface area contributed by atoms with Gasteiger partial charge in [0.2, 0.25) is 0 Å². The van der Waals surface area contributed by atoms with Crippen LogP contribution in [0.15, 0.2) is 36.4 Å². The maximum Gasteiger partial charge on any atom is 0.321 e. The van der Waals surface area contributed by atoms with Gasteiger partial charge in [0.05, 0.1) is 0 Å². The average Bonchev–Trinajstić information content (AvgIpc) is 2.45. The number of halogens is 1. The lowest BCUT2D eigenvalue weighted by Gasteiger charge is -2.12. The van der Waals surface area contributed by atoms with Gasteiger partial charge in [0.25, 0.3) is 0 Å². The van der Waals surface area contributed by atoms with Crippen molar-refractivity contribution in [2.24, 2.45) is 0 Å². The molecule has 0 unspecified atom stereocenters. The largest absolute Gasteiger partial charge is 0.473 e. The van der Waals surface area contributed by atoms with E-state index in [4.69, 9.17) is 16.3 Å². The molecule has 2 rings (SSSR count).